The van der Waals surface area contributed by atoms with Gasteiger partial charge in [-0.2, -0.15) is 0 Å². The zero-order valence-electron chi connectivity index (χ0n) is 37.8. The van der Waals surface area contributed by atoms with Gasteiger partial charge in [0.2, 0.25) is 0 Å². The lowest BCUT2D eigenvalue weighted by atomic mass is 10.1. The number of likely N-dealkylation sites (N-methyl/N-ethyl adjacent to an activating group) is 1. The first-order valence-electron chi connectivity index (χ1n) is 22.8. The highest BCUT2D eigenvalue weighted by molar-refractivity contribution is 7.47. The minimum Gasteiger partial charge on any atom is -0.457 e. The molecule has 0 aromatic carbocycles. The summed E-state index contributed by atoms with van der Waals surface area (Å²) in [5.41, 5.74) is 0. The van der Waals surface area contributed by atoms with Crippen molar-refractivity contribution in [2.75, 3.05) is 54.1 Å². The van der Waals surface area contributed by atoms with Crippen LogP contribution in [0.3, 0.4) is 0 Å². The number of quaternary nitrogens is 1. The molecule has 0 saturated heterocycles. The first kappa shape index (κ1) is 55.7. The summed E-state index contributed by atoms with van der Waals surface area (Å²) in [4.78, 5) is 22.9. The number of unbranched alkanes of at least 4 members (excludes halogenated alkanes) is 13. The zero-order chi connectivity index (χ0) is 42.7. The minimum absolute atomic E-state index is 0.0722. The molecule has 0 aromatic rings. The van der Waals surface area contributed by atoms with Crippen molar-refractivity contribution in [1.82, 2.24) is 0 Å². The van der Waals surface area contributed by atoms with Crippen LogP contribution in [0.1, 0.15) is 162 Å². The molecule has 58 heavy (non-hydrogen) atoms. The Balaban J connectivity index is 4.33. The van der Waals surface area contributed by atoms with E-state index < -0.39 is 13.9 Å². The maximum absolute atomic E-state index is 12.7. The Labute approximate surface area is 356 Å². The van der Waals surface area contributed by atoms with Crippen LogP contribution in [0, 0.1) is 0 Å². The van der Waals surface area contributed by atoms with Gasteiger partial charge in [-0.15, -0.1) is 0 Å². The number of hydrogen-bond acceptors (Lipinski definition) is 6. The van der Waals surface area contributed by atoms with E-state index >= 15 is 0 Å². The molecule has 0 rings (SSSR count). The molecule has 0 aliphatic carbocycles. The summed E-state index contributed by atoms with van der Waals surface area (Å²) in [6, 6.07) is 0. The molecule has 334 valence electrons. The zero-order valence-corrected chi connectivity index (χ0v) is 38.6. The van der Waals surface area contributed by atoms with E-state index in [2.05, 4.69) is 98.9 Å². The highest BCUT2D eigenvalue weighted by Crippen LogP contribution is 2.43. The number of carbonyl (C=O) groups excluding carboxylic acids is 1. The fraction of sp³-hybridized carbons (Fsp3) is 0.694. The Kier molecular flexibility index (Phi) is 39.8. The van der Waals surface area contributed by atoms with Gasteiger partial charge in [0.05, 0.1) is 34.4 Å². The second-order valence-corrected chi connectivity index (χ2v) is 17.5. The summed E-state index contributed by atoms with van der Waals surface area (Å²) in [5, 5.41) is 0. The Morgan fingerprint density at radius 2 is 1.00 bits per heavy atom. The molecule has 0 amide bonds. The SMILES string of the molecule is CC/C=C\C/C=C\C/C=C\C/C=C\C/C=C\CCCC(=O)OC(COCCCCCCCCCC/C=C\C/C=C\CCCCCC)COP(=O)(O)OCC[N+](C)(C)C. The number of phosphoric ester groups is 1. The van der Waals surface area contributed by atoms with Crippen LogP contribution in [-0.2, 0) is 27.9 Å². The second kappa shape index (κ2) is 41.4. The molecule has 0 aliphatic rings. The monoisotopic (exact) mass is 833 g/mol. The van der Waals surface area contributed by atoms with Crippen molar-refractivity contribution in [3.05, 3.63) is 85.1 Å². The second-order valence-electron chi connectivity index (χ2n) is 16.0. The van der Waals surface area contributed by atoms with Crippen molar-refractivity contribution < 1.29 is 37.3 Å². The molecule has 2 atom stereocenters. The molecule has 0 radical (unpaired) electrons. The molecule has 0 spiro atoms. The summed E-state index contributed by atoms with van der Waals surface area (Å²) in [6.07, 6.45) is 54.8. The van der Waals surface area contributed by atoms with Gasteiger partial charge in [-0.25, -0.2) is 4.57 Å². The van der Waals surface area contributed by atoms with Crippen molar-refractivity contribution in [1.29, 1.82) is 0 Å². The topological polar surface area (TPSA) is 91.3 Å². The number of carbonyl (C=O) groups is 1. The summed E-state index contributed by atoms with van der Waals surface area (Å²) < 4.78 is 35.0. The fourth-order valence-corrected chi connectivity index (χ4v) is 6.42. The highest BCUT2D eigenvalue weighted by atomic mass is 31.2. The quantitative estimate of drug-likeness (QED) is 0.0216. The molecule has 0 aliphatic heterocycles. The normalized spacial score (nSPS) is 14.5. The summed E-state index contributed by atoms with van der Waals surface area (Å²) >= 11 is 0. The van der Waals surface area contributed by atoms with Gasteiger partial charge >= 0.3 is 13.8 Å². The number of nitrogens with zero attached hydrogens (tertiary/aromatic N) is 1. The van der Waals surface area contributed by atoms with Gasteiger partial charge in [-0.05, 0) is 83.5 Å². The average molecular weight is 833 g/mol. The van der Waals surface area contributed by atoms with Crippen LogP contribution in [0.2, 0.25) is 0 Å². The average Bonchev–Trinajstić information content (AvgIpc) is 3.18. The number of allylic oxidation sites excluding steroid dienone is 14. The Hall–Kier alpha value is -2.32. The maximum atomic E-state index is 12.7. The van der Waals surface area contributed by atoms with Crippen molar-refractivity contribution in [3.63, 3.8) is 0 Å². The van der Waals surface area contributed by atoms with E-state index in [-0.39, 0.29) is 32.2 Å². The molecule has 8 nitrogen and oxygen atoms in total. The maximum Gasteiger partial charge on any atom is 0.472 e. The molecular formula is C49H87NO7P+. The van der Waals surface area contributed by atoms with E-state index in [1.807, 2.05) is 21.1 Å². The van der Waals surface area contributed by atoms with Gasteiger partial charge in [0, 0.05) is 13.0 Å². The predicted octanol–water partition coefficient (Wildman–Crippen LogP) is 13.7. The van der Waals surface area contributed by atoms with Gasteiger partial charge < -0.3 is 18.9 Å². The van der Waals surface area contributed by atoms with Gasteiger partial charge in [0.25, 0.3) is 0 Å². The van der Waals surface area contributed by atoms with E-state index in [0.717, 1.165) is 57.8 Å². The Morgan fingerprint density at radius 1 is 0.552 bits per heavy atom. The van der Waals surface area contributed by atoms with Crippen LogP contribution in [-0.4, -0.2) is 75.6 Å². The predicted molar refractivity (Wildman–Crippen MR) is 247 cm³/mol. The van der Waals surface area contributed by atoms with Crippen molar-refractivity contribution in [3.8, 4) is 0 Å². The van der Waals surface area contributed by atoms with Crippen LogP contribution in [0.15, 0.2) is 85.1 Å². The number of phosphoric acid groups is 1. The highest BCUT2D eigenvalue weighted by Gasteiger charge is 2.26. The molecule has 9 heteroatoms. The molecule has 0 fully saturated rings. The lowest BCUT2D eigenvalue weighted by Crippen LogP contribution is -2.37. The third kappa shape index (κ3) is 44.8. The van der Waals surface area contributed by atoms with Crippen LogP contribution in [0.4, 0.5) is 0 Å². The number of esters is 1. The van der Waals surface area contributed by atoms with Crippen molar-refractivity contribution in [2.24, 2.45) is 0 Å². The lowest BCUT2D eigenvalue weighted by Gasteiger charge is -2.24. The lowest BCUT2D eigenvalue weighted by molar-refractivity contribution is -0.870. The molecule has 1 N–H and O–H groups in total. The standard InChI is InChI=1S/C49H86NO7P/c1-6-8-10-12-14-16-18-20-22-24-25-27-29-31-33-35-37-39-41-44-54-46-48(47-56-58(52,53)55-45-43-50(3,4)5)57-49(51)42-40-38-36-34-32-30-28-26-23-21-19-17-15-13-11-9-7-2/h9,11,15-18,21-24,28,30,34,36,48H,6-8,10,12-14,19-20,25-27,29,31-33,35,37-47H2,1-5H3/p+1/b11-9-,17-15-,18-16-,23-21-,24-22-,30-28-,36-34-. The summed E-state index contributed by atoms with van der Waals surface area (Å²) in [7, 11) is 1.61. The number of rotatable bonds is 41. The van der Waals surface area contributed by atoms with E-state index in [1.54, 1.807) is 0 Å². The van der Waals surface area contributed by atoms with Gasteiger partial charge in [-0.1, -0.05) is 157 Å². The van der Waals surface area contributed by atoms with Crippen LogP contribution < -0.4 is 0 Å². The van der Waals surface area contributed by atoms with Gasteiger partial charge in [0.1, 0.15) is 19.3 Å². The first-order chi connectivity index (χ1) is 28.1. The first-order valence-corrected chi connectivity index (χ1v) is 24.3. The molecule has 0 aromatic heterocycles. The Bertz CT molecular complexity index is 1200. The molecular weight excluding hydrogens is 746 g/mol. The molecule has 0 heterocycles. The van der Waals surface area contributed by atoms with E-state index in [1.165, 1.54) is 77.0 Å². The largest absolute Gasteiger partial charge is 0.472 e. The van der Waals surface area contributed by atoms with E-state index in [4.69, 9.17) is 18.5 Å². The fourth-order valence-electron chi connectivity index (χ4n) is 5.68. The molecule has 0 bridgehead atoms. The van der Waals surface area contributed by atoms with Crippen molar-refractivity contribution >= 4 is 13.8 Å². The molecule has 2 unspecified atom stereocenters. The van der Waals surface area contributed by atoms with Crippen LogP contribution >= 0.6 is 7.82 Å². The van der Waals surface area contributed by atoms with Crippen LogP contribution in [0.25, 0.3) is 0 Å². The summed E-state index contributed by atoms with van der Waals surface area (Å²) in [5.74, 6) is -0.375. The third-order valence-electron chi connectivity index (χ3n) is 9.19. The minimum atomic E-state index is -4.30. The van der Waals surface area contributed by atoms with Crippen LogP contribution in [0.5, 0.6) is 0 Å². The van der Waals surface area contributed by atoms with Crippen molar-refractivity contribution in [2.45, 2.75) is 168 Å². The number of hydrogen-bond donors (Lipinski definition) is 1. The molecule has 0 saturated carbocycles. The van der Waals surface area contributed by atoms with Gasteiger partial charge in [0.15, 0.2) is 0 Å². The Morgan fingerprint density at radius 3 is 1.50 bits per heavy atom. The third-order valence-corrected chi connectivity index (χ3v) is 10.2. The summed E-state index contributed by atoms with van der Waals surface area (Å²) in [6.45, 7) is 5.38. The van der Waals surface area contributed by atoms with Gasteiger partial charge in [-0.3, -0.25) is 13.8 Å². The smallest absolute Gasteiger partial charge is 0.457 e. The van der Waals surface area contributed by atoms with E-state index in [9.17, 15) is 14.3 Å². The van der Waals surface area contributed by atoms with E-state index in [0.29, 0.717) is 24.1 Å². The number of ether oxygens (including phenoxy) is 2.